The lowest BCUT2D eigenvalue weighted by atomic mass is 10.3. The number of aliphatic hydroxyl groups excluding tert-OH is 2. The van der Waals surface area contributed by atoms with Crippen molar-refractivity contribution in [1.29, 1.82) is 0 Å². The Bertz CT molecular complexity index is 399. The first-order chi connectivity index (χ1) is 13.4. The third kappa shape index (κ3) is 16.6. The molecule has 0 aromatic heterocycles. The lowest BCUT2D eigenvalue weighted by Crippen LogP contribution is -2.13. The predicted molar refractivity (Wildman–Crippen MR) is 99.1 cm³/mol. The van der Waals surface area contributed by atoms with E-state index < -0.39 is 0 Å². The molecule has 27 heavy (non-hydrogen) atoms. The fraction of sp³-hybridized carbons (Fsp3) is 0.684. The summed E-state index contributed by atoms with van der Waals surface area (Å²) < 4.78 is 30.8. The van der Waals surface area contributed by atoms with Gasteiger partial charge in [0.2, 0.25) is 0 Å². The lowest BCUT2D eigenvalue weighted by molar-refractivity contribution is -0.00856. The standard InChI is InChI=1S/C10H22O6.C9H10O2/c11-1-3-13-5-7-15-9-10-16-8-6-14-4-2-12;1-2-4-8(5-3-1)10-6-9-7-11-9/h11-12H,1-10H2;1-5,9H,6-7H2. The number of para-hydroxylation sites is 1. The largest absolute Gasteiger partial charge is 0.491 e. The van der Waals surface area contributed by atoms with Crippen LogP contribution in [-0.4, -0.2) is 95.6 Å². The van der Waals surface area contributed by atoms with Crippen molar-refractivity contribution in [3.8, 4) is 5.75 Å². The first-order valence-corrected chi connectivity index (χ1v) is 9.19. The van der Waals surface area contributed by atoms with E-state index in [1.54, 1.807) is 0 Å². The Morgan fingerprint density at radius 2 is 1.19 bits per heavy atom. The van der Waals surface area contributed by atoms with Crippen molar-refractivity contribution >= 4 is 0 Å². The predicted octanol–water partition coefficient (Wildman–Crippen LogP) is 0.502. The number of benzene rings is 1. The summed E-state index contributed by atoms with van der Waals surface area (Å²) >= 11 is 0. The van der Waals surface area contributed by atoms with Crippen LogP contribution in [0.4, 0.5) is 0 Å². The maximum absolute atomic E-state index is 8.41. The molecule has 0 amide bonds. The average molecular weight is 388 g/mol. The maximum atomic E-state index is 8.41. The van der Waals surface area contributed by atoms with E-state index in [1.165, 1.54) is 0 Å². The van der Waals surface area contributed by atoms with Crippen LogP contribution in [0.25, 0.3) is 0 Å². The number of aliphatic hydroxyl groups is 2. The van der Waals surface area contributed by atoms with Crippen molar-refractivity contribution in [3.05, 3.63) is 30.3 Å². The average Bonchev–Trinajstić information content (AvgIpc) is 3.53. The molecule has 1 heterocycles. The number of hydrogen-bond donors (Lipinski definition) is 2. The maximum Gasteiger partial charge on any atom is 0.119 e. The van der Waals surface area contributed by atoms with E-state index >= 15 is 0 Å². The van der Waals surface area contributed by atoms with Gasteiger partial charge in [0.15, 0.2) is 0 Å². The molecular weight excluding hydrogens is 356 g/mol. The number of ether oxygens (including phenoxy) is 6. The molecule has 1 atom stereocenters. The summed E-state index contributed by atoms with van der Waals surface area (Å²) in [5.74, 6) is 0.919. The van der Waals surface area contributed by atoms with Crippen LogP contribution in [-0.2, 0) is 23.7 Å². The van der Waals surface area contributed by atoms with Gasteiger partial charge in [-0.15, -0.1) is 0 Å². The molecular formula is C19H32O8. The SMILES string of the molecule is OCCOCCOCCOCCOCCO.c1ccc(OCC2CO2)cc1. The van der Waals surface area contributed by atoms with Gasteiger partial charge in [-0.2, -0.15) is 0 Å². The summed E-state index contributed by atoms with van der Waals surface area (Å²) in [7, 11) is 0. The van der Waals surface area contributed by atoms with E-state index in [0.29, 0.717) is 65.6 Å². The highest BCUT2D eigenvalue weighted by molar-refractivity contribution is 5.20. The molecule has 0 radical (unpaired) electrons. The van der Waals surface area contributed by atoms with Crippen molar-refractivity contribution in [2.24, 2.45) is 0 Å². The molecule has 1 fully saturated rings. The minimum atomic E-state index is 0.0386. The third-order valence-electron chi connectivity index (χ3n) is 3.17. The molecule has 8 nitrogen and oxygen atoms in total. The quantitative estimate of drug-likeness (QED) is 0.312. The molecule has 1 aromatic carbocycles. The van der Waals surface area contributed by atoms with Crippen molar-refractivity contribution in [3.63, 3.8) is 0 Å². The number of hydrogen-bond acceptors (Lipinski definition) is 8. The van der Waals surface area contributed by atoms with Gasteiger partial charge in [0.25, 0.3) is 0 Å². The summed E-state index contributed by atoms with van der Waals surface area (Å²) in [6, 6.07) is 9.79. The molecule has 0 spiro atoms. The first-order valence-electron chi connectivity index (χ1n) is 9.19. The minimum Gasteiger partial charge on any atom is -0.491 e. The van der Waals surface area contributed by atoms with Crippen LogP contribution in [0, 0.1) is 0 Å². The zero-order chi connectivity index (χ0) is 19.4. The second kappa shape index (κ2) is 18.1. The van der Waals surface area contributed by atoms with Crippen molar-refractivity contribution in [1.82, 2.24) is 0 Å². The van der Waals surface area contributed by atoms with Gasteiger partial charge in [0, 0.05) is 0 Å². The summed E-state index contributed by atoms with van der Waals surface area (Å²) in [5.41, 5.74) is 0. The molecule has 1 aromatic rings. The summed E-state index contributed by atoms with van der Waals surface area (Å²) in [5, 5.41) is 16.8. The molecule has 156 valence electrons. The smallest absolute Gasteiger partial charge is 0.119 e. The summed E-state index contributed by atoms with van der Waals surface area (Å²) in [6.07, 6.45) is 0.343. The van der Waals surface area contributed by atoms with E-state index in [0.717, 1.165) is 12.4 Å². The van der Waals surface area contributed by atoms with Crippen LogP contribution in [0.3, 0.4) is 0 Å². The van der Waals surface area contributed by atoms with Crippen LogP contribution in [0.2, 0.25) is 0 Å². The summed E-state index contributed by atoms with van der Waals surface area (Å²) in [4.78, 5) is 0. The van der Waals surface area contributed by atoms with Crippen LogP contribution in [0.5, 0.6) is 5.75 Å². The Morgan fingerprint density at radius 1 is 0.741 bits per heavy atom. The molecule has 0 bridgehead atoms. The number of epoxide rings is 1. The molecule has 1 unspecified atom stereocenters. The number of rotatable bonds is 16. The molecule has 8 heteroatoms. The fourth-order valence-corrected chi connectivity index (χ4v) is 1.76. The highest BCUT2D eigenvalue weighted by Crippen LogP contribution is 2.13. The van der Waals surface area contributed by atoms with E-state index in [9.17, 15) is 0 Å². The van der Waals surface area contributed by atoms with Crippen molar-refractivity contribution < 1.29 is 38.6 Å². The Labute approximate surface area is 160 Å². The third-order valence-corrected chi connectivity index (χ3v) is 3.17. The zero-order valence-corrected chi connectivity index (χ0v) is 15.8. The molecule has 0 saturated carbocycles. The first kappa shape index (κ1) is 23.8. The molecule has 1 aliphatic heterocycles. The van der Waals surface area contributed by atoms with Gasteiger partial charge in [0.05, 0.1) is 72.7 Å². The van der Waals surface area contributed by atoms with Gasteiger partial charge in [0.1, 0.15) is 18.5 Å². The Hall–Kier alpha value is -1.26. The van der Waals surface area contributed by atoms with Gasteiger partial charge < -0.3 is 38.6 Å². The van der Waals surface area contributed by atoms with Crippen molar-refractivity contribution in [2.45, 2.75) is 6.10 Å². The normalized spacial score (nSPS) is 15.1. The van der Waals surface area contributed by atoms with Crippen molar-refractivity contribution in [2.75, 3.05) is 79.3 Å². The van der Waals surface area contributed by atoms with Crippen LogP contribution >= 0.6 is 0 Å². The van der Waals surface area contributed by atoms with E-state index in [1.807, 2.05) is 30.3 Å². The summed E-state index contributed by atoms with van der Waals surface area (Å²) in [6.45, 7) is 5.33. The molecule has 2 N–H and O–H groups in total. The zero-order valence-electron chi connectivity index (χ0n) is 15.8. The van der Waals surface area contributed by atoms with Gasteiger partial charge in [-0.1, -0.05) is 18.2 Å². The molecule has 2 rings (SSSR count). The fourth-order valence-electron chi connectivity index (χ4n) is 1.76. The monoisotopic (exact) mass is 388 g/mol. The molecule has 1 aliphatic rings. The van der Waals surface area contributed by atoms with Crippen LogP contribution in [0.1, 0.15) is 0 Å². The van der Waals surface area contributed by atoms with E-state index in [2.05, 4.69) is 0 Å². The minimum absolute atomic E-state index is 0.0386. The van der Waals surface area contributed by atoms with Gasteiger partial charge in [-0.25, -0.2) is 0 Å². The molecule has 0 aliphatic carbocycles. The lowest BCUT2D eigenvalue weighted by Gasteiger charge is -2.06. The van der Waals surface area contributed by atoms with E-state index in [-0.39, 0.29) is 13.2 Å². The Balaban J connectivity index is 0.000000285. The Kier molecular flexibility index (Phi) is 16.0. The van der Waals surface area contributed by atoms with Crippen LogP contribution < -0.4 is 4.74 Å². The highest BCUT2D eigenvalue weighted by atomic mass is 16.6. The Morgan fingerprint density at radius 3 is 1.59 bits per heavy atom. The topological polar surface area (TPSA) is 99.1 Å². The second-order valence-electron chi connectivity index (χ2n) is 5.48. The molecule has 1 saturated heterocycles. The van der Waals surface area contributed by atoms with Gasteiger partial charge in [-0.05, 0) is 12.1 Å². The highest BCUT2D eigenvalue weighted by Gasteiger charge is 2.22. The second-order valence-corrected chi connectivity index (χ2v) is 5.48. The van der Waals surface area contributed by atoms with Gasteiger partial charge >= 0.3 is 0 Å². The van der Waals surface area contributed by atoms with E-state index in [4.69, 9.17) is 38.6 Å². The van der Waals surface area contributed by atoms with Gasteiger partial charge in [-0.3, -0.25) is 0 Å². The van der Waals surface area contributed by atoms with Crippen LogP contribution in [0.15, 0.2) is 30.3 Å².